The quantitative estimate of drug-likeness (QED) is 0.504. The van der Waals surface area contributed by atoms with Gasteiger partial charge >= 0.3 is 0 Å². The molecule has 0 aromatic carbocycles. The lowest BCUT2D eigenvalue weighted by Gasteiger charge is -2.08. The lowest BCUT2D eigenvalue weighted by atomic mass is 10.1. The van der Waals surface area contributed by atoms with Crippen molar-refractivity contribution in [2.24, 2.45) is 11.7 Å². The topological polar surface area (TPSA) is 93.5 Å². The lowest BCUT2D eigenvalue weighted by molar-refractivity contribution is -0.125. The summed E-state index contributed by atoms with van der Waals surface area (Å²) in [6.07, 6.45) is 1.01. The van der Waals surface area contributed by atoms with Crippen LogP contribution in [0.2, 0.25) is 0 Å². The maximum Gasteiger partial charge on any atom is 0.239 e. The van der Waals surface area contributed by atoms with E-state index in [2.05, 4.69) is 24.5 Å². The van der Waals surface area contributed by atoms with Crippen molar-refractivity contribution >= 4 is 24.2 Å². The Kier molecular flexibility index (Phi) is 13.6. The number of nitrogens with one attached hydrogen (secondary N) is 2. The highest BCUT2D eigenvalue weighted by molar-refractivity contribution is 5.85. The van der Waals surface area contributed by atoms with Crippen molar-refractivity contribution in [3.63, 3.8) is 0 Å². The molecule has 0 aliphatic carbocycles. The number of carbonyl (C=O) groups is 2. The van der Waals surface area contributed by atoms with Gasteiger partial charge in [0.25, 0.3) is 0 Å². The van der Waals surface area contributed by atoms with E-state index in [0.29, 0.717) is 25.7 Å². The molecule has 0 rings (SSSR count). The summed E-state index contributed by atoms with van der Waals surface area (Å²) >= 11 is 0. The zero-order valence-corrected chi connectivity index (χ0v) is 11.8. The second-order valence-corrected chi connectivity index (χ2v) is 4.13. The van der Waals surface area contributed by atoms with Crippen molar-refractivity contribution in [3.05, 3.63) is 0 Å². The Balaban J connectivity index is 0. The van der Waals surface area contributed by atoms with Crippen molar-refractivity contribution in [2.75, 3.05) is 32.8 Å². The first-order valence-electron chi connectivity index (χ1n) is 5.87. The minimum absolute atomic E-state index is 0. The summed E-state index contributed by atoms with van der Waals surface area (Å²) < 4.78 is 5.32. The second kappa shape index (κ2) is 12.6. The first-order chi connectivity index (χ1) is 8.06. The predicted octanol–water partition coefficient (Wildman–Crippen LogP) is -0.338. The summed E-state index contributed by atoms with van der Waals surface area (Å²) in [4.78, 5) is 21.9. The third kappa shape index (κ3) is 13.2. The van der Waals surface area contributed by atoms with Crippen molar-refractivity contribution in [1.82, 2.24) is 10.6 Å². The summed E-state index contributed by atoms with van der Waals surface area (Å²) in [5.74, 6) is 0.0451. The standard InChI is InChI=1S/C11H23N3O3.ClH/c1-9(2)3-5-17-6-4-13-11(16)8-14-10(15)7-12;/h9H,3-8,12H2,1-2H3,(H,13,16)(H,14,15);1H. The van der Waals surface area contributed by atoms with Crippen molar-refractivity contribution < 1.29 is 14.3 Å². The average molecular weight is 282 g/mol. The van der Waals surface area contributed by atoms with Crippen LogP contribution in [0, 0.1) is 5.92 Å². The van der Waals surface area contributed by atoms with Crippen LogP contribution >= 0.6 is 12.4 Å². The Morgan fingerprint density at radius 2 is 1.83 bits per heavy atom. The molecule has 2 amide bonds. The van der Waals surface area contributed by atoms with Crippen molar-refractivity contribution in [1.29, 1.82) is 0 Å². The molecule has 4 N–H and O–H groups in total. The van der Waals surface area contributed by atoms with Crippen LogP contribution in [0.3, 0.4) is 0 Å². The van der Waals surface area contributed by atoms with Gasteiger partial charge in [0.1, 0.15) is 0 Å². The van der Waals surface area contributed by atoms with Gasteiger partial charge in [-0.25, -0.2) is 0 Å². The molecule has 0 aliphatic rings. The van der Waals surface area contributed by atoms with Gasteiger partial charge in [0.15, 0.2) is 0 Å². The van der Waals surface area contributed by atoms with Crippen LogP contribution in [0.4, 0.5) is 0 Å². The van der Waals surface area contributed by atoms with E-state index in [1.807, 2.05) is 0 Å². The van der Waals surface area contributed by atoms with Crippen LogP contribution in [0.1, 0.15) is 20.3 Å². The number of carbonyl (C=O) groups excluding carboxylic acids is 2. The van der Waals surface area contributed by atoms with E-state index >= 15 is 0 Å². The molecule has 0 atom stereocenters. The minimum atomic E-state index is -0.340. The highest BCUT2D eigenvalue weighted by atomic mass is 35.5. The normalized spacial score (nSPS) is 9.78. The van der Waals surface area contributed by atoms with E-state index in [4.69, 9.17) is 10.5 Å². The molecule has 0 radical (unpaired) electrons. The number of halogens is 1. The SMILES string of the molecule is CC(C)CCOCCNC(=O)CNC(=O)CN.Cl. The Labute approximate surface area is 114 Å². The number of ether oxygens (including phenoxy) is 1. The molecule has 0 spiro atoms. The molecule has 0 heterocycles. The van der Waals surface area contributed by atoms with Crippen LogP contribution in [0.5, 0.6) is 0 Å². The number of nitrogens with two attached hydrogens (primary N) is 1. The molecule has 0 aromatic heterocycles. The van der Waals surface area contributed by atoms with Crippen molar-refractivity contribution in [3.8, 4) is 0 Å². The summed E-state index contributed by atoms with van der Waals surface area (Å²) in [6, 6.07) is 0. The Morgan fingerprint density at radius 3 is 2.39 bits per heavy atom. The van der Waals surface area contributed by atoms with E-state index in [9.17, 15) is 9.59 Å². The predicted molar refractivity (Wildman–Crippen MR) is 72.6 cm³/mol. The fourth-order valence-electron chi connectivity index (χ4n) is 0.997. The second-order valence-electron chi connectivity index (χ2n) is 4.13. The van der Waals surface area contributed by atoms with E-state index < -0.39 is 0 Å². The van der Waals surface area contributed by atoms with Crippen LogP contribution in [0.15, 0.2) is 0 Å². The maximum absolute atomic E-state index is 11.2. The molecule has 0 unspecified atom stereocenters. The Hall–Kier alpha value is -0.850. The van der Waals surface area contributed by atoms with Gasteiger partial charge in [-0.15, -0.1) is 12.4 Å². The number of amides is 2. The maximum atomic E-state index is 11.2. The molecule has 0 aliphatic heterocycles. The summed E-state index contributed by atoms with van der Waals surface area (Å²) in [7, 11) is 0. The zero-order valence-electron chi connectivity index (χ0n) is 11.0. The Bertz CT molecular complexity index is 238. The molecule has 6 nitrogen and oxygen atoms in total. The van der Waals surface area contributed by atoms with Crippen LogP contribution < -0.4 is 16.4 Å². The minimum Gasteiger partial charge on any atom is -0.380 e. The van der Waals surface area contributed by atoms with Gasteiger partial charge in [-0.3, -0.25) is 9.59 Å². The van der Waals surface area contributed by atoms with E-state index in [-0.39, 0.29) is 37.3 Å². The number of hydrogen-bond donors (Lipinski definition) is 3. The monoisotopic (exact) mass is 281 g/mol. The molecular weight excluding hydrogens is 258 g/mol. The molecule has 0 fully saturated rings. The number of rotatable bonds is 9. The first kappa shape index (κ1) is 19.5. The fraction of sp³-hybridized carbons (Fsp3) is 0.818. The summed E-state index contributed by atoms with van der Waals surface area (Å²) in [5, 5.41) is 5.01. The average Bonchev–Trinajstić information content (AvgIpc) is 2.30. The van der Waals surface area contributed by atoms with Gasteiger partial charge in [0.2, 0.25) is 11.8 Å². The van der Waals surface area contributed by atoms with Gasteiger partial charge in [-0.2, -0.15) is 0 Å². The third-order valence-corrected chi connectivity index (χ3v) is 2.04. The van der Waals surface area contributed by atoms with Gasteiger partial charge < -0.3 is 21.1 Å². The fourth-order valence-corrected chi connectivity index (χ4v) is 0.997. The third-order valence-electron chi connectivity index (χ3n) is 2.04. The number of hydrogen-bond acceptors (Lipinski definition) is 4. The van der Waals surface area contributed by atoms with E-state index in [1.54, 1.807) is 0 Å². The van der Waals surface area contributed by atoms with Gasteiger partial charge in [0, 0.05) is 13.2 Å². The highest BCUT2D eigenvalue weighted by Crippen LogP contribution is 1.97. The zero-order chi connectivity index (χ0) is 13.1. The largest absolute Gasteiger partial charge is 0.380 e. The molecular formula is C11H24ClN3O3. The lowest BCUT2D eigenvalue weighted by Crippen LogP contribution is -2.40. The first-order valence-corrected chi connectivity index (χ1v) is 5.87. The molecule has 7 heteroatoms. The molecule has 0 aromatic rings. The van der Waals surface area contributed by atoms with Crippen molar-refractivity contribution in [2.45, 2.75) is 20.3 Å². The van der Waals surface area contributed by atoms with Gasteiger partial charge in [-0.1, -0.05) is 13.8 Å². The molecule has 0 bridgehead atoms. The van der Waals surface area contributed by atoms with Gasteiger partial charge in [-0.05, 0) is 12.3 Å². The highest BCUT2D eigenvalue weighted by Gasteiger charge is 2.02. The molecule has 108 valence electrons. The summed E-state index contributed by atoms with van der Waals surface area (Å²) in [6.45, 7) is 5.76. The summed E-state index contributed by atoms with van der Waals surface area (Å²) in [5.41, 5.74) is 5.07. The van der Waals surface area contributed by atoms with E-state index in [0.717, 1.165) is 6.42 Å². The molecule has 0 saturated heterocycles. The molecule has 0 saturated carbocycles. The van der Waals surface area contributed by atoms with Crippen LogP contribution in [-0.4, -0.2) is 44.7 Å². The van der Waals surface area contributed by atoms with Crippen LogP contribution in [0.25, 0.3) is 0 Å². The van der Waals surface area contributed by atoms with E-state index in [1.165, 1.54) is 0 Å². The van der Waals surface area contributed by atoms with Gasteiger partial charge in [0.05, 0.1) is 19.7 Å². The van der Waals surface area contributed by atoms with Crippen LogP contribution in [-0.2, 0) is 14.3 Å². The Morgan fingerprint density at radius 1 is 1.17 bits per heavy atom. The smallest absolute Gasteiger partial charge is 0.239 e. The molecule has 18 heavy (non-hydrogen) atoms.